The molecule has 7 nitrogen and oxygen atoms in total. The van der Waals surface area contributed by atoms with Gasteiger partial charge in [-0.3, -0.25) is 9.98 Å². The maximum absolute atomic E-state index is 6.00. The van der Waals surface area contributed by atoms with Crippen LogP contribution in [0.15, 0.2) is 58.2 Å². The summed E-state index contributed by atoms with van der Waals surface area (Å²) in [6, 6.07) is 13.4. The van der Waals surface area contributed by atoms with Crippen molar-refractivity contribution in [3.63, 3.8) is 0 Å². The molecule has 0 amide bonds. The van der Waals surface area contributed by atoms with Crippen LogP contribution in [0.25, 0.3) is 11.6 Å². The summed E-state index contributed by atoms with van der Waals surface area (Å²) >= 11 is 6.00. The van der Waals surface area contributed by atoms with Crippen LogP contribution in [0.3, 0.4) is 0 Å². The SMILES string of the molecule is CN=C(NCCc1cccc(Cl)c1)NCCc1noc(-c2ccccn2)n1. The molecule has 3 aromatic rings. The van der Waals surface area contributed by atoms with E-state index in [4.69, 9.17) is 16.1 Å². The number of nitrogens with one attached hydrogen (secondary N) is 2. The summed E-state index contributed by atoms with van der Waals surface area (Å²) in [6.07, 6.45) is 3.17. The lowest BCUT2D eigenvalue weighted by atomic mass is 10.1. The minimum Gasteiger partial charge on any atom is -0.356 e. The van der Waals surface area contributed by atoms with Gasteiger partial charge in [0.1, 0.15) is 5.69 Å². The number of pyridine rings is 1. The second-order valence-electron chi connectivity index (χ2n) is 5.79. The van der Waals surface area contributed by atoms with Gasteiger partial charge in [-0.15, -0.1) is 0 Å². The van der Waals surface area contributed by atoms with E-state index in [0.29, 0.717) is 30.4 Å². The Morgan fingerprint density at radius 3 is 2.70 bits per heavy atom. The van der Waals surface area contributed by atoms with Gasteiger partial charge in [0.05, 0.1) is 0 Å². The molecule has 0 aliphatic rings. The zero-order chi connectivity index (χ0) is 18.9. The molecule has 8 heteroatoms. The van der Waals surface area contributed by atoms with Crippen molar-refractivity contribution < 1.29 is 4.52 Å². The minimum absolute atomic E-state index is 0.426. The molecule has 0 bridgehead atoms. The van der Waals surface area contributed by atoms with Gasteiger partial charge < -0.3 is 15.2 Å². The van der Waals surface area contributed by atoms with E-state index in [1.165, 1.54) is 5.56 Å². The van der Waals surface area contributed by atoms with Crippen molar-refractivity contribution in [2.75, 3.05) is 20.1 Å². The molecule has 0 unspecified atom stereocenters. The van der Waals surface area contributed by atoms with E-state index in [1.54, 1.807) is 13.2 Å². The van der Waals surface area contributed by atoms with Gasteiger partial charge in [-0.05, 0) is 36.2 Å². The van der Waals surface area contributed by atoms with Crippen molar-refractivity contribution in [2.45, 2.75) is 12.8 Å². The summed E-state index contributed by atoms with van der Waals surface area (Å²) in [5, 5.41) is 11.3. The molecule has 0 radical (unpaired) electrons. The molecule has 27 heavy (non-hydrogen) atoms. The van der Waals surface area contributed by atoms with Gasteiger partial charge in [-0.1, -0.05) is 35.0 Å². The number of aromatic nitrogens is 3. The van der Waals surface area contributed by atoms with E-state index in [0.717, 1.165) is 23.9 Å². The largest absolute Gasteiger partial charge is 0.356 e. The summed E-state index contributed by atoms with van der Waals surface area (Å²) in [7, 11) is 1.74. The first-order chi connectivity index (χ1) is 13.2. The summed E-state index contributed by atoms with van der Waals surface area (Å²) in [4.78, 5) is 12.8. The van der Waals surface area contributed by atoms with Gasteiger partial charge in [-0.2, -0.15) is 4.98 Å². The van der Waals surface area contributed by atoms with Crippen LogP contribution >= 0.6 is 11.6 Å². The van der Waals surface area contributed by atoms with E-state index in [9.17, 15) is 0 Å². The van der Waals surface area contributed by atoms with E-state index >= 15 is 0 Å². The normalized spacial score (nSPS) is 11.4. The number of halogens is 1. The Hall–Kier alpha value is -2.93. The van der Waals surface area contributed by atoms with Gasteiger partial charge in [0.15, 0.2) is 11.8 Å². The Morgan fingerprint density at radius 1 is 1.11 bits per heavy atom. The lowest BCUT2D eigenvalue weighted by molar-refractivity contribution is 0.421. The third kappa shape index (κ3) is 5.79. The smallest absolute Gasteiger partial charge is 0.276 e. The molecule has 0 aliphatic heterocycles. The maximum Gasteiger partial charge on any atom is 0.276 e. The predicted octanol–water partition coefficient (Wildman–Crippen LogP) is 2.74. The number of hydrogen-bond donors (Lipinski definition) is 2. The van der Waals surface area contributed by atoms with Crippen LogP contribution in [0.4, 0.5) is 0 Å². The molecule has 2 aromatic heterocycles. The number of benzene rings is 1. The van der Waals surface area contributed by atoms with Gasteiger partial charge in [0.2, 0.25) is 0 Å². The Balaban J connectivity index is 1.41. The van der Waals surface area contributed by atoms with Crippen molar-refractivity contribution in [2.24, 2.45) is 4.99 Å². The summed E-state index contributed by atoms with van der Waals surface area (Å²) < 4.78 is 5.25. The van der Waals surface area contributed by atoms with Crippen LogP contribution in [0.5, 0.6) is 0 Å². The van der Waals surface area contributed by atoms with Crippen LogP contribution < -0.4 is 10.6 Å². The molecule has 2 heterocycles. The highest BCUT2D eigenvalue weighted by Crippen LogP contribution is 2.13. The topological polar surface area (TPSA) is 88.2 Å². The molecule has 2 N–H and O–H groups in total. The number of guanidine groups is 1. The van der Waals surface area contributed by atoms with Crippen molar-refractivity contribution >= 4 is 17.6 Å². The van der Waals surface area contributed by atoms with Crippen LogP contribution in [0, 0.1) is 0 Å². The van der Waals surface area contributed by atoms with E-state index < -0.39 is 0 Å². The lowest BCUT2D eigenvalue weighted by Gasteiger charge is -2.11. The zero-order valence-corrected chi connectivity index (χ0v) is 15.8. The highest BCUT2D eigenvalue weighted by atomic mass is 35.5. The third-order valence-electron chi connectivity index (χ3n) is 3.81. The Bertz CT molecular complexity index is 881. The number of nitrogens with zero attached hydrogens (tertiary/aromatic N) is 4. The van der Waals surface area contributed by atoms with Gasteiger partial charge in [0.25, 0.3) is 5.89 Å². The Morgan fingerprint density at radius 2 is 1.96 bits per heavy atom. The second kappa shape index (κ2) is 9.68. The van der Waals surface area contributed by atoms with Crippen molar-refractivity contribution in [1.82, 2.24) is 25.8 Å². The second-order valence-corrected chi connectivity index (χ2v) is 6.22. The highest BCUT2D eigenvalue weighted by Gasteiger charge is 2.09. The molecule has 0 fully saturated rings. The molecule has 0 aliphatic carbocycles. The van der Waals surface area contributed by atoms with Crippen molar-refractivity contribution in [3.8, 4) is 11.6 Å². The molecule has 140 valence electrons. The Labute approximate surface area is 162 Å². The van der Waals surface area contributed by atoms with E-state index in [2.05, 4.69) is 36.8 Å². The average Bonchev–Trinajstić information content (AvgIpc) is 3.16. The molecule has 0 saturated heterocycles. The van der Waals surface area contributed by atoms with Gasteiger partial charge >= 0.3 is 0 Å². The molecular formula is C19H21ClN6O. The van der Waals surface area contributed by atoms with Gasteiger partial charge in [-0.25, -0.2) is 0 Å². The standard InChI is InChI=1S/C19H21ClN6O/c1-21-19(23-11-8-14-5-4-6-15(20)13-14)24-12-9-17-25-18(27-26-17)16-7-2-3-10-22-16/h2-7,10,13H,8-9,11-12H2,1H3,(H2,21,23,24). The number of rotatable bonds is 7. The molecule has 3 rings (SSSR count). The van der Waals surface area contributed by atoms with Crippen molar-refractivity contribution in [3.05, 3.63) is 65.1 Å². The van der Waals surface area contributed by atoms with Gasteiger partial charge in [0, 0.05) is 37.8 Å². The maximum atomic E-state index is 6.00. The fraction of sp³-hybridized carbons (Fsp3) is 0.263. The monoisotopic (exact) mass is 384 g/mol. The summed E-state index contributed by atoms with van der Waals surface area (Å²) in [5.41, 5.74) is 1.85. The van der Waals surface area contributed by atoms with Crippen LogP contribution in [0.2, 0.25) is 5.02 Å². The number of hydrogen-bond acceptors (Lipinski definition) is 5. The average molecular weight is 385 g/mol. The zero-order valence-electron chi connectivity index (χ0n) is 15.0. The first kappa shape index (κ1) is 18.8. The lowest BCUT2D eigenvalue weighted by Crippen LogP contribution is -2.39. The highest BCUT2D eigenvalue weighted by molar-refractivity contribution is 6.30. The molecule has 0 atom stereocenters. The van der Waals surface area contributed by atoms with Crippen LogP contribution in [0.1, 0.15) is 11.4 Å². The third-order valence-corrected chi connectivity index (χ3v) is 4.05. The molecule has 0 spiro atoms. The van der Waals surface area contributed by atoms with Crippen LogP contribution in [-0.4, -0.2) is 41.2 Å². The number of aliphatic imine (C=N–C) groups is 1. The summed E-state index contributed by atoms with van der Waals surface area (Å²) in [5.74, 6) is 1.78. The van der Waals surface area contributed by atoms with Crippen molar-refractivity contribution in [1.29, 1.82) is 0 Å². The fourth-order valence-electron chi connectivity index (χ4n) is 2.48. The van der Waals surface area contributed by atoms with E-state index in [1.807, 2.05) is 36.4 Å². The minimum atomic E-state index is 0.426. The quantitative estimate of drug-likeness (QED) is 0.481. The molecular weight excluding hydrogens is 364 g/mol. The first-order valence-electron chi connectivity index (χ1n) is 8.67. The molecule has 0 saturated carbocycles. The first-order valence-corrected chi connectivity index (χ1v) is 9.05. The predicted molar refractivity (Wildman–Crippen MR) is 106 cm³/mol. The summed E-state index contributed by atoms with van der Waals surface area (Å²) in [6.45, 7) is 1.39. The Kier molecular flexibility index (Phi) is 6.76. The molecule has 1 aromatic carbocycles. The fourth-order valence-corrected chi connectivity index (χ4v) is 2.69. The van der Waals surface area contributed by atoms with E-state index in [-0.39, 0.29) is 0 Å². The van der Waals surface area contributed by atoms with Crippen LogP contribution in [-0.2, 0) is 12.8 Å².